The number of thioether (sulfide) groups is 1. The predicted molar refractivity (Wildman–Crippen MR) is 130 cm³/mol. The SMILES string of the molecule is O=C(NC(CSc1ccc([N+](=O)[O-])cc1C(=O)O)C(=O)O)OCC1c2ccccc2-c2ccccc21. The van der Waals surface area contributed by atoms with Gasteiger partial charge in [-0.2, -0.15) is 0 Å². The van der Waals surface area contributed by atoms with Crippen molar-refractivity contribution in [2.45, 2.75) is 16.9 Å². The van der Waals surface area contributed by atoms with E-state index >= 15 is 0 Å². The van der Waals surface area contributed by atoms with Crippen LogP contribution in [0.4, 0.5) is 10.5 Å². The van der Waals surface area contributed by atoms with Crippen molar-refractivity contribution in [1.29, 1.82) is 0 Å². The van der Waals surface area contributed by atoms with Gasteiger partial charge in [-0.05, 0) is 28.3 Å². The van der Waals surface area contributed by atoms with Crippen LogP contribution in [0.3, 0.4) is 0 Å². The van der Waals surface area contributed by atoms with Gasteiger partial charge in [0.15, 0.2) is 0 Å². The maximum atomic E-state index is 12.5. The Balaban J connectivity index is 1.41. The molecule has 0 radical (unpaired) electrons. The van der Waals surface area contributed by atoms with Gasteiger partial charge in [0, 0.05) is 28.7 Å². The van der Waals surface area contributed by atoms with Crippen LogP contribution >= 0.6 is 11.8 Å². The second-order valence-corrected chi connectivity index (χ2v) is 8.98. The van der Waals surface area contributed by atoms with Crippen molar-refractivity contribution < 1.29 is 34.3 Å². The molecule has 36 heavy (non-hydrogen) atoms. The molecule has 3 N–H and O–H groups in total. The molecule has 0 aliphatic heterocycles. The summed E-state index contributed by atoms with van der Waals surface area (Å²) in [5, 5.41) is 32.1. The summed E-state index contributed by atoms with van der Waals surface area (Å²) >= 11 is 0.844. The third-order valence-corrected chi connectivity index (χ3v) is 6.91. The molecule has 0 saturated heterocycles. The smallest absolute Gasteiger partial charge is 0.407 e. The van der Waals surface area contributed by atoms with Gasteiger partial charge in [0.1, 0.15) is 12.6 Å². The zero-order chi connectivity index (χ0) is 25.8. The van der Waals surface area contributed by atoms with Crippen LogP contribution in [-0.2, 0) is 9.53 Å². The minimum atomic E-state index is -1.39. The summed E-state index contributed by atoms with van der Waals surface area (Å²) in [5.74, 6) is -3.15. The van der Waals surface area contributed by atoms with Crippen molar-refractivity contribution in [3.8, 4) is 11.1 Å². The molecular formula is C25H20N2O8S. The van der Waals surface area contributed by atoms with Gasteiger partial charge in [-0.1, -0.05) is 48.5 Å². The first-order valence-electron chi connectivity index (χ1n) is 10.7. The zero-order valence-corrected chi connectivity index (χ0v) is 19.4. The van der Waals surface area contributed by atoms with E-state index in [1.807, 2.05) is 48.5 Å². The Morgan fingerprint density at radius 2 is 1.61 bits per heavy atom. The van der Waals surface area contributed by atoms with E-state index in [4.69, 9.17) is 4.74 Å². The minimum Gasteiger partial charge on any atom is -0.480 e. The van der Waals surface area contributed by atoms with Crippen LogP contribution in [0.25, 0.3) is 11.1 Å². The molecule has 0 bridgehead atoms. The largest absolute Gasteiger partial charge is 0.480 e. The van der Waals surface area contributed by atoms with Crippen molar-refractivity contribution in [2.75, 3.05) is 12.4 Å². The molecule has 1 aliphatic carbocycles. The molecule has 10 nitrogen and oxygen atoms in total. The summed E-state index contributed by atoms with van der Waals surface area (Å²) in [6.45, 7) is 0.00482. The first-order chi connectivity index (χ1) is 17.3. The van der Waals surface area contributed by atoms with Crippen LogP contribution < -0.4 is 5.32 Å². The van der Waals surface area contributed by atoms with E-state index in [1.165, 1.54) is 6.07 Å². The number of aliphatic carboxylic acids is 1. The molecule has 0 spiro atoms. The van der Waals surface area contributed by atoms with Crippen LogP contribution in [0.5, 0.6) is 0 Å². The number of amides is 1. The average molecular weight is 509 g/mol. The molecule has 0 heterocycles. The number of hydrogen-bond acceptors (Lipinski definition) is 7. The van der Waals surface area contributed by atoms with Gasteiger partial charge in [0.25, 0.3) is 5.69 Å². The number of carboxylic acid groups (broad SMARTS) is 2. The number of fused-ring (bicyclic) bond motifs is 3. The molecule has 184 valence electrons. The van der Waals surface area contributed by atoms with E-state index in [1.54, 1.807) is 0 Å². The van der Waals surface area contributed by atoms with Crippen molar-refractivity contribution in [3.63, 3.8) is 0 Å². The number of ether oxygens (including phenoxy) is 1. The van der Waals surface area contributed by atoms with Gasteiger partial charge in [0.2, 0.25) is 0 Å². The number of benzene rings is 3. The Morgan fingerprint density at radius 1 is 1.00 bits per heavy atom. The molecule has 1 amide bonds. The summed E-state index contributed by atoms with van der Waals surface area (Å²) < 4.78 is 5.38. The first-order valence-corrected chi connectivity index (χ1v) is 11.7. The number of alkyl carbamates (subject to hydrolysis) is 1. The Bertz CT molecular complexity index is 1310. The molecule has 3 aromatic rings. The normalized spacial score (nSPS) is 12.8. The van der Waals surface area contributed by atoms with Crippen LogP contribution in [0.2, 0.25) is 0 Å². The number of hydrogen-bond donors (Lipinski definition) is 3. The number of non-ortho nitro benzene ring substituents is 1. The predicted octanol–water partition coefficient (Wildman–Crippen LogP) is 4.38. The fraction of sp³-hybridized carbons (Fsp3) is 0.160. The molecule has 0 saturated carbocycles. The Kier molecular flexibility index (Phi) is 7.20. The van der Waals surface area contributed by atoms with E-state index in [2.05, 4.69) is 5.32 Å². The second-order valence-electron chi connectivity index (χ2n) is 7.91. The highest BCUT2D eigenvalue weighted by Gasteiger charge is 2.30. The standard InChI is InChI=1S/C25H20N2O8S/c28-23(29)19-11-14(27(33)34)9-10-22(19)36-13-21(24(30)31)26-25(32)35-12-20-17-7-3-1-5-15(17)16-6-2-4-8-18(16)20/h1-11,20-21H,12-13H2,(H,26,32)(H,28,29)(H,30,31). The average Bonchev–Trinajstić information content (AvgIpc) is 3.18. The second kappa shape index (κ2) is 10.5. The summed E-state index contributed by atoms with van der Waals surface area (Å²) in [7, 11) is 0. The van der Waals surface area contributed by atoms with Crippen molar-refractivity contribution in [1.82, 2.24) is 5.32 Å². The highest BCUT2D eigenvalue weighted by molar-refractivity contribution is 7.99. The van der Waals surface area contributed by atoms with Crippen LogP contribution in [0, 0.1) is 10.1 Å². The highest BCUT2D eigenvalue weighted by Crippen LogP contribution is 2.44. The quantitative estimate of drug-likeness (QED) is 0.217. The topological polar surface area (TPSA) is 156 Å². The summed E-state index contributed by atoms with van der Waals surface area (Å²) in [6, 6.07) is 17.5. The van der Waals surface area contributed by atoms with Crippen molar-refractivity contribution in [3.05, 3.63) is 93.5 Å². The van der Waals surface area contributed by atoms with Gasteiger partial charge in [-0.3, -0.25) is 10.1 Å². The lowest BCUT2D eigenvalue weighted by atomic mass is 9.98. The Labute approximate surface area is 209 Å². The van der Waals surface area contributed by atoms with E-state index in [0.29, 0.717) is 0 Å². The fourth-order valence-electron chi connectivity index (χ4n) is 4.05. The molecular weight excluding hydrogens is 488 g/mol. The van der Waals surface area contributed by atoms with Crippen molar-refractivity contribution in [2.24, 2.45) is 0 Å². The van der Waals surface area contributed by atoms with Crippen LogP contribution in [-0.4, -0.2) is 51.6 Å². The minimum absolute atomic E-state index is 0.00482. The molecule has 3 aromatic carbocycles. The number of carbonyl (C=O) groups is 3. The Morgan fingerprint density at radius 3 is 2.17 bits per heavy atom. The number of nitro groups is 1. The van der Waals surface area contributed by atoms with E-state index in [-0.39, 0.29) is 28.7 Å². The number of carbonyl (C=O) groups excluding carboxylic acids is 1. The number of nitro benzene ring substituents is 1. The summed E-state index contributed by atoms with van der Waals surface area (Å²) in [5.41, 5.74) is 3.40. The summed E-state index contributed by atoms with van der Waals surface area (Å²) in [4.78, 5) is 46.0. The van der Waals surface area contributed by atoms with Crippen molar-refractivity contribution >= 4 is 35.5 Å². The maximum absolute atomic E-state index is 12.5. The number of carboxylic acids is 2. The lowest BCUT2D eigenvalue weighted by Gasteiger charge is -2.17. The highest BCUT2D eigenvalue weighted by atomic mass is 32.2. The monoisotopic (exact) mass is 508 g/mol. The number of nitrogens with one attached hydrogen (secondary N) is 1. The molecule has 0 aromatic heterocycles. The molecule has 11 heteroatoms. The number of aromatic carboxylic acids is 1. The van der Waals surface area contributed by atoms with Gasteiger partial charge < -0.3 is 20.3 Å². The maximum Gasteiger partial charge on any atom is 0.407 e. The lowest BCUT2D eigenvalue weighted by Crippen LogP contribution is -2.43. The zero-order valence-electron chi connectivity index (χ0n) is 18.6. The number of rotatable bonds is 9. The number of nitrogens with zero attached hydrogens (tertiary/aromatic N) is 1. The summed E-state index contributed by atoms with van der Waals surface area (Å²) in [6.07, 6.45) is -0.924. The van der Waals surface area contributed by atoms with E-state index < -0.39 is 34.7 Å². The molecule has 1 unspecified atom stereocenters. The lowest BCUT2D eigenvalue weighted by molar-refractivity contribution is -0.384. The van der Waals surface area contributed by atoms with Crippen LogP contribution in [0.1, 0.15) is 27.4 Å². The molecule has 1 atom stereocenters. The van der Waals surface area contributed by atoms with Gasteiger partial charge in [-0.25, -0.2) is 14.4 Å². The van der Waals surface area contributed by atoms with Gasteiger partial charge >= 0.3 is 18.0 Å². The molecule has 0 fully saturated rings. The van der Waals surface area contributed by atoms with Gasteiger partial charge in [0.05, 0.1) is 10.5 Å². The van der Waals surface area contributed by atoms with E-state index in [9.17, 15) is 34.7 Å². The first kappa shape index (κ1) is 24.7. The van der Waals surface area contributed by atoms with E-state index in [0.717, 1.165) is 46.1 Å². The van der Waals surface area contributed by atoms with Crippen LogP contribution in [0.15, 0.2) is 71.6 Å². The fourth-order valence-corrected chi connectivity index (χ4v) is 5.09. The van der Waals surface area contributed by atoms with Gasteiger partial charge in [-0.15, -0.1) is 11.8 Å². The third kappa shape index (κ3) is 5.15. The molecule has 4 rings (SSSR count). The third-order valence-electron chi connectivity index (χ3n) is 5.74. The Hall–Kier alpha value is -4.38. The molecule has 1 aliphatic rings.